The van der Waals surface area contributed by atoms with Crippen LogP contribution in [0.1, 0.15) is 16.8 Å². The minimum absolute atomic E-state index is 0.184. The van der Waals surface area contributed by atoms with Gasteiger partial charge in [-0.25, -0.2) is 0 Å². The standard InChI is InChI=1S/C13H12F3NO2/c1-6-4-8(19-3)5-9-10(6)17-12(13(14,15)16)7(2)11(9)18/h4-5H,1-3H3,(H,17,18). The third-order valence-electron chi connectivity index (χ3n) is 3.04. The van der Waals surface area contributed by atoms with Crippen LogP contribution in [0, 0.1) is 13.8 Å². The van der Waals surface area contributed by atoms with Crippen LogP contribution < -0.4 is 10.2 Å². The summed E-state index contributed by atoms with van der Waals surface area (Å²) >= 11 is 0. The minimum atomic E-state index is -4.58. The maximum absolute atomic E-state index is 12.8. The number of aromatic amines is 1. The first-order valence-corrected chi connectivity index (χ1v) is 5.54. The van der Waals surface area contributed by atoms with E-state index in [9.17, 15) is 18.0 Å². The highest BCUT2D eigenvalue weighted by Gasteiger charge is 2.35. The molecule has 0 radical (unpaired) electrons. The van der Waals surface area contributed by atoms with Crippen molar-refractivity contribution in [3.63, 3.8) is 0 Å². The van der Waals surface area contributed by atoms with Gasteiger partial charge >= 0.3 is 6.18 Å². The quantitative estimate of drug-likeness (QED) is 0.865. The molecule has 0 atom stereocenters. The molecule has 0 saturated heterocycles. The lowest BCUT2D eigenvalue weighted by atomic mass is 10.1. The van der Waals surface area contributed by atoms with Gasteiger partial charge in [-0.15, -0.1) is 0 Å². The van der Waals surface area contributed by atoms with E-state index in [4.69, 9.17) is 4.74 Å². The molecule has 1 aromatic heterocycles. The van der Waals surface area contributed by atoms with Gasteiger partial charge < -0.3 is 9.72 Å². The van der Waals surface area contributed by atoms with Gasteiger partial charge in [-0.2, -0.15) is 13.2 Å². The van der Waals surface area contributed by atoms with E-state index in [-0.39, 0.29) is 16.5 Å². The van der Waals surface area contributed by atoms with Gasteiger partial charge in [0.05, 0.1) is 12.6 Å². The molecule has 1 heterocycles. The number of hydrogen-bond acceptors (Lipinski definition) is 2. The molecule has 1 N–H and O–H groups in total. The first-order chi connectivity index (χ1) is 8.75. The summed E-state index contributed by atoms with van der Waals surface area (Å²) in [5.74, 6) is 0.439. The average Bonchev–Trinajstić information content (AvgIpc) is 2.32. The SMILES string of the molecule is COc1cc(C)c2[nH]c(C(F)(F)F)c(C)c(=O)c2c1. The lowest BCUT2D eigenvalue weighted by Crippen LogP contribution is -2.19. The molecule has 0 amide bonds. The number of nitrogens with one attached hydrogen (secondary N) is 1. The van der Waals surface area contributed by atoms with Crippen molar-refractivity contribution < 1.29 is 17.9 Å². The molecule has 0 aliphatic heterocycles. The molecule has 0 spiro atoms. The summed E-state index contributed by atoms with van der Waals surface area (Å²) in [7, 11) is 1.44. The maximum Gasteiger partial charge on any atom is 0.431 e. The van der Waals surface area contributed by atoms with Gasteiger partial charge in [0.15, 0.2) is 5.43 Å². The molecule has 102 valence electrons. The molecule has 2 rings (SSSR count). The fraction of sp³-hybridized carbons (Fsp3) is 0.308. The molecule has 19 heavy (non-hydrogen) atoms. The summed E-state index contributed by atoms with van der Waals surface area (Å²) in [4.78, 5) is 14.4. The Morgan fingerprint density at radius 1 is 1.21 bits per heavy atom. The summed E-state index contributed by atoms with van der Waals surface area (Å²) in [5, 5.41) is 0.197. The van der Waals surface area contributed by atoms with Crippen LogP contribution >= 0.6 is 0 Å². The van der Waals surface area contributed by atoms with Crippen LogP contribution in [0.25, 0.3) is 10.9 Å². The van der Waals surface area contributed by atoms with Crippen molar-refractivity contribution in [3.05, 3.63) is 39.2 Å². The van der Waals surface area contributed by atoms with E-state index in [1.807, 2.05) is 0 Å². The summed E-state index contributed by atoms with van der Waals surface area (Å²) in [6.45, 7) is 2.78. The third kappa shape index (κ3) is 2.18. The van der Waals surface area contributed by atoms with E-state index in [1.165, 1.54) is 13.2 Å². The number of methoxy groups -OCH3 is 1. The Hall–Kier alpha value is -1.98. The number of fused-ring (bicyclic) bond motifs is 1. The number of hydrogen-bond donors (Lipinski definition) is 1. The maximum atomic E-state index is 12.8. The van der Waals surface area contributed by atoms with Crippen molar-refractivity contribution in [3.8, 4) is 5.75 Å². The van der Waals surface area contributed by atoms with Crippen LogP contribution in [0.3, 0.4) is 0 Å². The summed E-state index contributed by atoms with van der Waals surface area (Å²) < 4.78 is 43.5. The molecule has 0 bridgehead atoms. The molecule has 1 aromatic carbocycles. The number of ether oxygens (including phenoxy) is 1. The van der Waals surface area contributed by atoms with E-state index in [0.717, 1.165) is 6.92 Å². The van der Waals surface area contributed by atoms with Crippen molar-refractivity contribution in [1.82, 2.24) is 4.98 Å². The molecule has 0 unspecified atom stereocenters. The predicted molar refractivity (Wildman–Crippen MR) is 65.6 cm³/mol. The fourth-order valence-corrected chi connectivity index (χ4v) is 2.03. The van der Waals surface area contributed by atoms with Crippen LogP contribution in [-0.4, -0.2) is 12.1 Å². The normalized spacial score (nSPS) is 11.9. The van der Waals surface area contributed by atoms with Gasteiger partial charge in [-0.3, -0.25) is 4.79 Å². The smallest absolute Gasteiger partial charge is 0.431 e. The van der Waals surface area contributed by atoms with Crippen molar-refractivity contribution >= 4 is 10.9 Å². The van der Waals surface area contributed by atoms with E-state index in [0.29, 0.717) is 11.3 Å². The van der Waals surface area contributed by atoms with Crippen LogP contribution in [-0.2, 0) is 6.18 Å². The Morgan fingerprint density at radius 2 is 1.84 bits per heavy atom. The Kier molecular flexibility index (Phi) is 3.04. The molecule has 6 heteroatoms. The number of halogens is 3. The number of aryl methyl sites for hydroxylation is 1. The highest BCUT2D eigenvalue weighted by molar-refractivity contribution is 5.84. The topological polar surface area (TPSA) is 42.1 Å². The lowest BCUT2D eigenvalue weighted by molar-refractivity contribution is -0.141. The van der Waals surface area contributed by atoms with E-state index in [2.05, 4.69) is 4.98 Å². The van der Waals surface area contributed by atoms with Gasteiger partial charge in [0.1, 0.15) is 11.4 Å². The largest absolute Gasteiger partial charge is 0.497 e. The van der Waals surface area contributed by atoms with Crippen LogP contribution in [0.15, 0.2) is 16.9 Å². The summed E-state index contributed by atoms with van der Waals surface area (Å²) in [6, 6.07) is 3.02. The molecular formula is C13H12F3NO2. The predicted octanol–water partition coefficient (Wildman–Crippen LogP) is 3.17. The fourth-order valence-electron chi connectivity index (χ4n) is 2.03. The molecule has 0 aliphatic rings. The van der Waals surface area contributed by atoms with Crippen molar-refractivity contribution in [2.75, 3.05) is 7.11 Å². The third-order valence-corrected chi connectivity index (χ3v) is 3.04. The number of alkyl halides is 3. The van der Waals surface area contributed by atoms with Gasteiger partial charge in [0.2, 0.25) is 0 Å². The molecule has 0 fully saturated rings. The first-order valence-electron chi connectivity index (χ1n) is 5.54. The van der Waals surface area contributed by atoms with Crippen LogP contribution in [0.2, 0.25) is 0 Å². The second kappa shape index (κ2) is 4.29. The molecular weight excluding hydrogens is 259 g/mol. The van der Waals surface area contributed by atoms with Gasteiger partial charge in [0.25, 0.3) is 0 Å². The Balaban J connectivity index is 2.93. The zero-order chi connectivity index (χ0) is 14.4. The van der Waals surface area contributed by atoms with Gasteiger partial charge in [-0.1, -0.05) is 0 Å². The second-order valence-electron chi connectivity index (χ2n) is 4.32. The Labute approximate surface area is 107 Å². The highest BCUT2D eigenvalue weighted by atomic mass is 19.4. The average molecular weight is 271 g/mol. The zero-order valence-corrected chi connectivity index (χ0v) is 10.6. The van der Waals surface area contributed by atoms with Crippen LogP contribution in [0.4, 0.5) is 13.2 Å². The number of H-pyrrole nitrogens is 1. The van der Waals surface area contributed by atoms with Crippen molar-refractivity contribution in [2.24, 2.45) is 0 Å². The molecule has 0 saturated carbocycles. The zero-order valence-electron chi connectivity index (χ0n) is 10.6. The minimum Gasteiger partial charge on any atom is -0.497 e. The first kappa shape index (κ1) is 13.5. The van der Waals surface area contributed by atoms with E-state index >= 15 is 0 Å². The van der Waals surface area contributed by atoms with Gasteiger partial charge in [-0.05, 0) is 31.5 Å². The van der Waals surface area contributed by atoms with Crippen LogP contribution in [0.5, 0.6) is 5.75 Å². The number of pyridine rings is 1. The highest BCUT2D eigenvalue weighted by Crippen LogP contribution is 2.31. The lowest BCUT2D eigenvalue weighted by Gasteiger charge is -2.13. The van der Waals surface area contributed by atoms with Gasteiger partial charge in [0, 0.05) is 10.9 Å². The Bertz CT molecular complexity index is 702. The van der Waals surface area contributed by atoms with Crippen molar-refractivity contribution in [1.29, 1.82) is 0 Å². The molecule has 0 aliphatic carbocycles. The van der Waals surface area contributed by atoms with E-state index < -0.39 is 17.3 Å². The number of aromatic nitrogens is 1. The summed E-state index contributed by atoms with van der Waals surface area (Å²) in [5.41, 5.74) is -1.27. The van der Waals surface area contributed by atoms with E-state index in [1.54, 1.807) is 13.0 Å². The van der Waals surface area contributed by atoms with Crippen molar-refractivity contribution in [2.45, 2.75) is 20.0 Å². The monoisotopic (exact) mass is 271 g/mol. The molecule has 3 nitrogen and oxygen atoms in total. The number of rotatable bonds is 1. The number of benzene rings is 1. The molecule has 2 aromatic rings. The second-order valence-corrected chi connectivity index (χ2v) is 4.32. The summed E-state index contributed by atoms with van der Waals surface area (Å²) in [6.07, 6.45) is -4.58. The Morgan fingerprint density at radius 3 is 2.37 bits per heavy atom.